The molecule has 4 rings (SSSR count). The third kappa shape index (κ3) is 2.46. The number of rotatable bonds is 3. The van der Waals surface area contributed by atoms with Gasteiger partial charge < -0.3 is 10.6 Å². The molecule has 2 aliphatic heterocycles. The molecule has 3 nitrogen and oxygen atoms in total. The first-order valence-electron chi connectivity index (χ1n) is 7.93. The van der Waals surface area contributed by atoms with Crippen LogP contribution in [0.3, 0.4) is 0 Å². The molecule has 4 heteroatoms. The van der Waals surface area contributed by atoms with Crippen LogP contribution in [0.5, 0.6) is 0 Å². The lowest BCUT2D eigenvalue weighted by Crippen LogP contribution is -2.42. The van der Waals surface area contributed by atoms with Gasteiger partial charge in [-0.3, -0.25) is 4.79 Å². The molecule has 22 heavy (non-hydrogen) atoms. The van der Waals surface area contributed by atoms with Crippen molar-refractivity contribution >= 4 is 17.2 Å². The Morgan fingerprint density at radius 2 is 2.09 bits per heavy atom. The van der Waals surface area contributed by atoms with Crippen LogP contribution in [0.4, 0.5) is 0 Å². The van der Waals surface area contributed by atoms with Gasteiger partial charge in [0.2, 0.25) is 0 Å². The standard InChI is InChI=1S/C18H20N2OS/c1-11-4-2-3-5-13(11)16-8-9-17(22-16)18(21)20-15-10-12-6-7-14(15)19-12/h2-5,8-9,12,14-15,19H,6-7,10H2,1H3,(H,20,21). The van der Waals surface area contributed by atoms with Gasteiger partial charge in [-0.2, -0.15) is 0 Å². The van der Waals surface area contributed by atoms with E-state index in [0.717, 1.165) is 16.2 Å². The average molecular weight is 312 g/mol. The van der Waals surface area contributed by atoms with Crippen LogP contribution in [0.2, 0.25) is 0 Å². The van der Waals surface area contributed by atoms with Crippen LogP contribution in [-0.4, -0.2) is 24.0 Å². The number of carbonyl (C=O) groups is 1. The monoisotopic (exact) mass is 312 g/mol. The van der Waals surface area contributed by atoms with E-state index in [0.29, 0.717) is 18.1 Å². The fourth-order valence-corrected chi connectivity index (χ4v) is 4.68. The van der Waals surface area contributed by atoms with Crippen LogP contribution in [0.1, 0.15) is 34.5 Å². The predicted octanol–water partition coefficient (Wildman–Crippen LogP) is 3.35. The zero-order chi connectivity index (χ0) is 15.1. The van der Waals surface area contributed by atoms with Crippen LogP contribution in [0, 0.1) is 6.92 Å². The third-order valence-electron chi connectivity index (χ3n) is 4.86. The molecule has 3 atom stereocenters. The third-order valence-corrected chi connectivity index (χ3v) is 5.97. The molecule has 3 heterocycles. The van der Waals surface area contributed by atoms with Gasteiger partial charge in [0.1, 0.15) is 0 Å². The summed E-state index contributed by atoms with van der Waals surface area (Å²) in [5.74, 6) is 0.0733. The van der Waals surface area contributed by atoms with Crippen LogP contribution < -0.4 is 10.6 Å². The second-order valence-corrected chi connectivity index (χ2v) is 7.43. The number of thiophene rings is 1. The van der Waals surface area contributed by atoms with E-state index in [2.05, 4.69) is 35.8 Å². The topological polar surface area (TPSA) is 41.1 Å². The lowest BCUT2D eigenvalue weighted by molar-refractivity contribution is 0.0935. The molecule has 0 aliphatic carbocycles. The molecule has 2 aromatic rings. The summed E-state index contributed by atoms with van der Waals surface area (Å²) >= 11 is 1.58. The summed E-state index contributed by atoms with van der Waals surface area (Å²) in [4.78, 5) is 14.4. The van der Waals surface area contributed by atoms with Crippen molar-refractivity contribution in [3.8, 4) is 10.4 Å². The van der Waals surface area contributed by atoms with Crippen molar-refractivity contribution in [1.82, 2.24) is 10.6 Å². The zero-order valence-electron chi connectivity index (χ0n) is 12.6. The molecule has 2 fully saturated rings. The molecule has 3 unspecified atom stereocenters. The molecular weight excluding hydrogens is 292 g/mol. The Labute approximate surface area is 134 Å². The number of carbonyl (C=O) groups excluding carboxylic acids is 1. The Morgan fingerprint density at radius 3 is 2.82 bits per heavy atom. The molecule has 1 aromatic carbocycles. The Kier molecular flexibility index (Phi) is 3.51. The maximum absolute atomic E-state index is 12.5. The lowest BCUT2D eigenvalue weighted by Gasteiger charge is -2.20. The van der Waals surface area contributed by atoms with Crippen molar-refractivity contribution < 1.29 is 4.79 Å². The maximum atomic E-state index is 12.5. The molecule has 0 radical (unpaired) electrons. The minimum Gasteiger partial charge on any atom is -0.347 e. The number of hydrogen-bond acceptors (Lipinski definition) is 3. The zero-order valence-corrected chi connectivity index (χ0v) is 13.5. The highest BCUT2D eigenvalue weighted by Gasteiger charge is 2.39. The van der Waals surface area contributed by atoms with Crippen molar-refractivity contribution in [1.29, 1.82) is 0 Å². The number of benzene rings is 1. The molecule has 1 amide bonds. The molecule has 2 N–H and O–H groups in total. The molecule has 0 spiro atoms. The first-order valence-corrected chi connectivity index (χ1v) is 8.75. The predicted molar refractivity (Wildman–Crippen MR) is 90.3 cm³/mol. The summed E-state index contributed by atoms with van der Waals surface area (Å²) in [6.45, 7) is 2.11. The molecule has 0 saturated carbocycles. The minimum absolute atomic E-state index is 0.0733. The first-order chi connectivity index (χ1) is 10.7. The number of hydrogen-bond donors (Lipinski definition) is 2. The summed E-state index contributed by atoms with van der Waals surface area (Å²) in [5.41, 5.74) is 2.46. The second kappa shape index (κ2) is 5.52. The SMILES string of the molecule is Cc1ccccc1-c1ccc(C(=O)NC2CC3CCC2N3)s1. The van der Waals surface area contributed by atoms with E-state index in [-0.39, 0.29) is 5.91 Å². The van der Waals surface area contributed by atoms with Crippen molar-refractivity contribution in [3.05, 3.63) is 46.8 Å². The van der Waals surface area contributed by atoms with Crippen LogP contribution >= 0.6 is 11.3 Å². The highest BCUT2D eigenvalue weighted by molar-refractivity contribution is 7.17. The van der Waals surface area contributed by atoms with Crippen molar-refractivity contribution in [3.63, 3.8) is 0 Å². The number of nitrogens with one attached hydrogen (secondary N) is 2. The van der Waals surface area contributed by atoms with Crippen molar-refractivity contribution in [2.75, 3.05) is 0 Å². The molecule has 2 bridgehead atoms. The van der Waals surface area contributed by atoms with E-state index >= 15 is 0 Å². The molecule has 2 saturated heterocycles. The van der Waals surface area contributed by atoms with Gasteiger partial charge in [-0.15, -0.1) is 11.3 Å². The van der Waals surface area contributed by atoms with E-state index in [9.17, 15) is 4.79 Å². The van der Waals surface area contributed by atoms with Gasteiger partial charge in [-0.25, -0.2) is 0 Å². The van der Waals surface area contributed by atoms with Crippen LogP contribution in [-0.2, 0) is 0 Å². The van der Waals surface area contributed by atoms with Gasteiger partial charge in [0.25, 0.3) is 5.91 Å². The van der Waals surface area contributed by atoms with E-state index in [4.69, 9.17) is 0 Å². The van der Waals surface area contributed by atoms with E-state index in [1.54, 1.807) is 11.3 Å². The fourth-order valence-electron chi connectivity index (χ4n) is 3.68. The van der Waals surface area contributed by atoms with Gasteiger partial charge in [0.05, 0.1) is 4.88 Å². The number of fused-ring (bicyclic) bond motifs is 2. The van der Waals surface area contributed by atoms with Crippen molar-refractivity contribution in [2.24, 2.45) is 0 Å². The summed E-state index contributed by atoms with van der Waals surface area (Å²) < 4.78 is 0. The van der Waals surface area contributed by atoms with Gasteiger partial charge >= 0.3 is 0 Å². The van der Waals surface area contributed by atoms with Gasteiger partial charge in [-0.05, 0) is 49.4 Å². The number of amides is 1. The summed E-state index contributed by atoms with van der Waals surface area (Å²) in [6.07, 6.45) is 3.52. The van der Waals surface area contributed by atoms with Gasteiger partial charge in [0, 0.05) is 23.0 Å². The Bertz CT molecular complexity index is 709. The maximum Gasteiger partial charge on any atom is 0.261 e. The smallest absolute Gasteiger partial charge is 0.261 e. The molecule has 114 valence electrons. The lowest BCUT2D eigenvalue weighted by atomic mass is 9.95. The quantitative estimate of drug-likeness (QED) is 0.912. The Hall–Kier alpha value is -1.65. The Morgan fingerprint density at radius 1 is 1.23 bits per heavy atom. The largest absolute Gasteiger partial charge is 0.347 e. The van der Waals surface area contributed by atoms with E-state index in [1.807, 2.05) is 18.2 Å². The van der Waals surface area contributed by atoms with Crippen LogP contribution in [0.25, 0.3) is 10.4 Å². The fraction of sp³-hybridized carbons (Fsp3) is 0.389. The average Bonchev–Trinajstić information content (AvgIpc) is 3.24. The highest BCUT2D eigenvalue weighted by atomic mass is 32.1. The summed E-state index contributed by atoms with van der Waals surface area (Å²) in [7, 11) is 0. The Balaban J connectivity index is 1.49. The molecular formula is C18H20N2OS. The van der Waals surface area contributed by atoms with Gasteiger partial charge in [0.15, 0.2) is 0 Å². The highest BCUT2D eigenvalue weighted by Crippen LogP contribution is 2.32. The molecule has 1 aromatic heterocycles. The normalized spacial score (nSPS) is 26.3. The minimum atomic E-state index is 0.0733. The first kappa shape index (κ1) is 14.0. The van der Waals surface area contributed by atoms with Crippen LogP contribution in [0.15, 0.2) is 36.4 Å². The second-order valence-electron chi connectivity index (χ2n) is 6.34. The van der Waals surface area contributed by atoms with E-state index in [1.165, 1.54) is 24.0 Å². The van der Waals surface area contributed by atoms with E-state index < -0.39 is 0 Å². The summed E-state index contributed by atoms with van der Waals surface area (Å²) in [6, 6.07) is 13.7. The summed E-state index contributed by atoms with van der Waals surface area (Å²) in [5, 5.41) is 6.78. The van der Waals surface area contributed by atoms with Gasteiger partial charge in [-0.1, -0.05) is 24.3 Å². The number of aryl methyl sites for hydroxylation is 1. The molecule has 2 aliphatic rings. The van der Waals surface area contributed by atoms with Crippen molar-refractivity contribution in [2.45, 2.75) is 44.3 Å².